The molecule has 2 rings (SSSR count). The van der Waals surface area contributed by atoms with Gasteiger partial charge in [0.15, 0.2) is 0 Å². The predicted molar refractivity (Wildman–Crippen MR) is 71.6 cm³/mol. The van der Waals surface area contributed by atoms with E-state index in [1.54, 1.807) is 11.3 Å². The highest BCUT2D eigenvalue weighted by Gasteiger charge is 2.03. The van der Waals surface area contributed by atoms with Crippen LogP contribution in [0.1, 0.15) is 16.8 Å². The second-order valence-electron chi connectivity index (χ2n) is 4.16. The van der Waals surface area contributed by atoms with E-state index in [-0.39, 0.29) is 0 Å². The monoisotopic (exact) mass is 247 g/mol. The van der Waals surface area contributed by atoms with Gasteiger partial charge in [0.2, 0.25) is 0 Å². The van der Waals surface area contributed by atoms with E-state index < -0.39 is 0 Å². The van der Waals surface area contributed by atoms with Gasteiger partial charge < -0.3 is 5.73 Å². The third-order valence-corrected chi connectivity index (χ3v) is 3.31. The van der Waals surface area contributed by atoms with Crippen molar-refractivity contribution in [2.75, 3.05) is 7.05 Å². The molecule has 3 nitrogen and oxygen atoms in total. The average Bonchev–Trinajstić information content (AvgIpc) is 2.82. The summed E-state index contributed by atoms with van der Waals surface area (Å²) in [7, 11) is 2.13. The van der Waals surface area contributed by atoms with Gasteiger partial charge in [-0.1, -0.05) is 0 Å². The Kier molecular flexibility index (Phi) is 4.25. The summed E-state index contributed by atoms with van der Waals surface area (Å²) in [5, 5.41) is 4.30. The number of hydrogen-bond donors (Lipinski definition) is 1. The summed E-state index contributed by atoms with van der Waals surface area (Å²) in [5.41, 5.74) is 9.16. The summed E-state index contributed by atoms with van der Waals surface area (Å²) in [6, 6.07) is 6.28. The Hall–Kier alpha value is -1.23. The largest absolute Gasteiger partial charge is 0.325 e. The third kappa shape index (κ3) is 3.63. The van der Waals surface area contributed by atoms with Gasteiger partial charge in [0, 0.05) is 25.8 Å². The van der Waals surface area contributed by atoms with E-state index >= 15 is 0 Å². The summed E-state index contributed by atoms with van der Waals surface area (Å²) in [6.07, 6.45) is 1.83. The normalized spacial score (nSPS) is 11.0. The van der Waals surface area contributed by atoms with Gasteiger partial charge in [0.1, 0.15) is 0 Å². The molecule has 0 unspecified atom stereocenters. The van der Waals surface area contributed by atoms with Gasteiger partial charge in [-0.2, -0.15) is 11.3 Å². The molecule has 0 aliphatic carbocycles. The summed E-state index contributed by atoms with van der Waals surface area (Å²) in [6.45, 7) is 2.40. The molecule has 0 radical (unpaired) electrons. The Labute approximate surface area is 106 Å². The van der Waals surface area contributed by atoms with Crippen molar-refractivity contribution in [1.29, 1.82) is 0 Å². The maximum Gasteiger partial charge on any atom is 0.0542 e. The van der Waals surface area contributed by atoms with E-state index in [0.29, 0.717) is 6.54 Å². The Morgan fingerprint density at radius 3 is 2.82 bits per heavy atom. The molecule has 0 saturated carbocycles. The number of thiophene rings is 1. The minimum atomic E-state index is 0.502. The van der Waals surface area contributed by atoms with Crippen LogP contribution in [-0.2, 0) is 19.6 Å². The molecule has 2 aromatic rings. The van der Waals surface area contributed by atoms with E-state index in [2.05, 4.69) is 39.8 Å². The van der Waals surface area contributed by atoms with E-state index in [1.807, 2.05) is 12.3 Å². The van der Waals surface area contributed by atoms with Crippen LogP contribution in [0.25, 0.3) is 0 Å². The number of pyridine rings is 1. The molecule has 2 aromatic heterocycles. The van der Waals surface area contributed by atoms with Gasteiger partial charge in [-0.15, -0.1) is 0 Å². The van der Waals surface area contributed by atoms with Crippen LogP contribution in [0.3, 0.4) is 0 Å². The first-order chi connectivity index (χ1) is 8.28. The fourth-order valence-electron chi connectivity index (χ4n) is 1.80. The summed E-state index contributed by atoms with van der Waals surface area (Å²) >= 11 is 1.74. The van der Waals surface area contributed by atoms with E-state index in [0.717, 1.165) is 18.8 Å². The van der Waals surface area contributed by atoms with Crippen molar-refractivity contribution in [2.24, 2.45) is 5.73 Å². The lowest BCUT2D eigenvalue weighted by molar-refractivity contribution is 0.319. The van der Waals surface area contributed by atoms with Crippen molar-refractivity contribution in [2.45, 2.75) is 19.6 Å². The molecule has 0 aliphatic heterocycles. The zero-order valence-corrected chi connectivity index (χ0v) is 10.8. The number of rotatable bonds is 5. The SMILES string of the molecule is CN(Cc1ccsc1)Cc1ccnc(CN)c1. The summed E-state index contributed by atoms with van der Waals surface area (Å²) in [4.78, 5) is 6.49. The Bertz CT molecular complexity index is 453. The molecule has 0 spiro atoms. The Balaban J connectivity index is 1.95. The van der Waals surface area contributed by atoms with Gasteiger partial charge >= 0.3 is 0 Å². The fourth-order valence-corrected chi connectivity index (χ4v) is 2.46. The first-order valence-corrected chi connectivity index (χ1v) is 6.55. The molecule has 0 saturated heterocycles. The number of hydrogen-bond acceptors (Lipinski definition) is 4. The van der Waals surface area contributed by atoms with Crippen LogP contribution in [0.15, 0.2) is 35.2 Å². The fraction of sp³-hybridized carbons (Fsp3) is 0.308. The van der Waals surface area contributed by atoms with Crippen LogP contribution in [0.4, 0.5) is 0 Å². The lowest BCUT2D eigenvalue weighted by atomic mass is 10.2. The van der Waals surface area contributed by atoms with Crippen LogP contribution in [-0.4, -0.2) is 16.9 Å². The highest BCUT2D eigenvalue weighted by molar-refractivity contribution is 7.07. The van der Waals surface area contributed by atoms with Gasteiger partial charge in [-0.05, 0) is 47.1 Å². The molecule has 4 heteroatoms. The van der Waals surface area contributed by atoms with Crippen molar-refractivity contribution >= 4 is 11.3 Å². The zero-order valence-electron chi connectivity index (χ0n) is 9.97. The van der Waals surface area contributed by atoms with E-state index in [4.69, 9.17) is 5.73 Å². The van der Waals surface area contributed by atoms with Crippen molar-refractivity contribution in [3.8, 4) is 0 Å². The average molecular weight is 247 g/mol. The highest BCUT2D eigenvalue weighted by atomic mass is 32.1. The van der Waals surface area contributed by atoms with Gasteiger partial charge in [0.25, 0.3) is 0 Å². The quantitative estimate of drug-likeness (QED) is 0.881. The minimum Gasteiger partial charge on any atom is -0.325 e. The number of nitrogens with zero attached hydrogens (tertiary/aromatic N) is 2. The molecule has 0 aromatic carbocycles. The second-order valence-corrected chi connectivity index (χ2v) is 4.94. The molecule has 2 N–H and O–H groups in total. The molecular weight excluding hydrogens is 230 g/mol. The first-order valence-electron chi connectivity index (χ1n) is 5.61. The van der Waals surface area contributed by atoms with Crippen LogP contribution < -0.4 is 5.73 Å². The van der Waals surface area contributed by atoms with Crippen molar-refractivity contribution in [3.05, 3.63) is 52.0 Å². The van der Waals surface area contributed by atoms with Crippen LogP contribution in [0, 0.1) is 0 Å². The summed E-state index contributed by atoms with van der Waals surface area (Å²) < 4.78 is 0. The molecule has 0 amide bonds. The lowest BCUT2D eigenvalue weighted by Gasteiger charge is -2.16. The molecular formula is C13H17N3S. The van der Waals surface area contributed by atoms with Crippen molar-refractivity contribution < 1.29 is 0 Å². The minimum absolute atomic E-state index is 0.502. The maximum atomic E-state index is 5.58. The van der Waals surface area contributed by atoms with Gasteiger partial charge in [0.05, 0.1) is 5.69 Å². The Morgan fingerprint density at radius 1 is 1.29 bits per heavy atom. The standard InChI is InChI=1S/C13H17N3S/c1-16(9-12-3-5-17-10-12)8-11-2-4-15-13(6-11)7-14/h2-6,10H,7-9,14H2,1H3. The molecule has 0 fully saturated rings. The van der Waals surface area contributed by atoms with Gasteiger partial charge in [-0.25, -0.2) is 0 Å². The van der Waals surface area contributed by atoms with Crippen LogP contribution in [0.5, 0.6) is 0 Å². The smallest absolute Gasteiger partial charge is 0.0542 e. The van der Waals surface area contributed by atoms with E-state index in [1.165, 1.54) is 11.1 Å². The van der Waals surface area contributed by atoms with Gasteiger partial charge in [-0.3, -0.25) is 9.88 Å². The molecule has 0 aliphatic rings. The number of aromatic nitrogens is 1. The Morgan fingerprint density at radius 2 is 2.12 bits per heavy atom. The lowest BCUT2D eigenvalue weighted by Crippen LogP contribution is -2.17. The first kappa shape index (κ1) is 12.2. The topological polar surface area (TPSA) is 42.2 Å². The highest BCUT2D eigenvalue weighted by Crippen LogP contribution is 2.11. The zero-order chi connectivity index (χ0) is 12.1. The third-order valence-electron chi connectivity index (χ3n) is 2.58. The van der Waals surface area contributed by atoms with Crippen LogP contribution in [0.2, 0.25) is 0 Å². The predicted octanol–water partition coefficient (Wildman–Crippen LogP) is 2.23. The maximum absolute atomic E-state index is 5.58. The second kappa shape index (κ2) is 5.91. The molecule has 17 heavy (non-hydrogen) atoms. The van der Waals surface area contributed by atoms with Crippen LogP contribution >= 0.6 is 11.3 Å². The summed E-state index contributed by atoms with van der Waals surface area (Å²) in [5.74, 6) is 0. The van der Waals surface area contributed by atoms with Crippen molar-refractivity contribution in [3.63, 3.8) is 0 Å². The molecule has 90 valence electrons. The molecule has 2 heterocycles. The molecule has 0 bridgehead atoms. The molecule has 0 atom stereocenters. The van der Waals surface area contributed by atoms with E-state index in [9.17, 15) is 0 Å². The van der Waals surface area contributed by atoms with Crippen molar-refractivity contribution in [1.82, 2.24) is 9.88 Å². The number of nitrogens with two attached hydrogens (primary N) is 1.